The lowest BCUT2D eigenvalue weighted by atomic mass is 10.1. The van der Waals surface area contributed by atoms with Crippen molar-refractivity contribution in [3.63, 3.8) is 0 Å². The van der Waals surface area contributed by atoms with Gasteiger partial charge in [-0.15, -0.1) is 0 Å². The van der Waals surface area contributed by atoms with Crippen LogP contribution < -0.4 is 5.32 Å². The van der Waals surface area contributed by atoms with Crippen LogP contribution in [0.5, 0.6) is 0 Å². The smallest absolute Gasteiger partial charge is 0.261 e. The van der Waals surface area contributed by atoms with Crippen molar-refractivity contribution < 1.29 is 4.79 Å². The summed E-state index contributed by atoms with van der Waals surface area (Å²) in [5.41, 5.74) is 2.32. The molecule has 1 aromatic carbocycles. The van der Waals surface area contributed by atoms with Gasteiger partial charge in [0.2, 0.25) is 0 Å². The number of hydrogen-bond acceptors (Lipinski definition) is 3. The Hall–Kier alpha value is -2.58. The molecule has 5 nitrogen and oxygen atoms in total. The molecule has 1 amide bonds. The predicted octanol–water partition coefficient (Wildman–Crippen LogP) is 3.16. The normalized spacial score (nSPS) is 11.0. The van der Waals surface area contributed by atoms with Crippen LogP contribution >= 0.6 is 11.6 Å². The maximum atomic E-state index is 11.9. The van der Waals surface area contributed by atoms with Gasteiger partial charge in [-0.05, 0) is 24.6 Å². The fraction of sp³-hybridized carbons (Fsp3) is 0.188. The molecule has 0 bridgehead atoms. The Morgan fingerprint density at radius 1 is 1.45 bits per heavy atom. The molecular formula is C16H15ClN4O. The van der Waals surface area contributed by atoms with E-state index in [9.17, 15) is 4.79 Å². The van der Waals surface area contributed by atoms with Crippen molar-refractivity contribution in [1.29, 1.82) is 5.26 Å². The summed E-state index contributed by atoms with van der Waals surface area (Å²) in [7, 11) is 0. The molecule has 0 radical (unpaired) electrons. The zero-order chi connectivity index (χ0) is 15.9. The largest absolute Gasteiger partial charge is 0.351 e. The molecule has 0 aliphatic heterocycles. The van der Waals surface area contributed by atoms with Gasteiger partial charge in [0.05, 0.1) is 11.9 Å². The average Bonchev–Trinajstić information content (AvgIpc) is 2.99. The summed E-state index contributed by atoms with van der Waals surface area (Å²) in [6.45, 7) is 2.48. The van der Waals surface area contributed by atoms with Gasteiger partial charge < -0.3 is 5.32 Å². The molecule has 2 aromatic rings. The number of aromatic amines is 1. The topological polar surface area (TPSA) is 81.6 Å². The van der Waals surface area contributed by atoms with Gasteiger partial charge >= 0.3 is 0 Å². The van der Waals surface area contributed by atoms with E-state index in [0.29, 0.717) is 17.1 Å². The Kier molecular flexibility index (Phi) is 5.34. The zero-order valence-electron chi connectivity index (χ0n) is 12.1. The van der Waals surface area contributed by atoms with E-state index >= 15 is 0 Å². The fourth-order valence-electron chi connectivity index (χ4n) is 1.89. The van der Waals surface area contributed by atoms with E-state index in [1.54, 1.807) is 18.3 Å². The van der Waals surface area contributed by atoms with Crippen molar-refractivity contribution in [3.05, 3.63) is 46.6 Å². The Labute approximate surface area is 133 Å². The third kappa shape index (κ3) is 3.74. The number of halogens is 1. The number of benzene rings is 1. The lowest BCUT2D eigenvalue weighted by molar-refractivity contribution is -0.117. The van der Waals surface area contributed by atoms with Crippen LogP contribution in [0.15, 0.2) is 36.0 Å². The minimum atomic E-state index is -0.382. The number of aromatic nitrogens is 2. The van der Waals surface area contributed by atoms with E-state index in [1.165, 1.54) is 6.08 Å². The average molecular weight is 315 g/mol. The maximum absolute atomic E-state index is 11.9. The molecule has 1 aromatic heterocycles. The number of rotatable bonds is 5. The third-order valence-corrected chi connectivity index (χ3v) is 3.25. The molecule has 0 atom stereocenters. The molecule has 1 heterocycles. The molecule has 0 saturated heterocycles. The highest BCUT2D eigenvalue weighted by molar-refractivity contribution is 6.30. The van der Waals surface area contributed by atoms with Crippen LogP contribution in [0.4, 0.5) is 0 Å². The quantitative estimate of drug-likeness (QED) is 0.657. The summed E-state index contributed by atoms with van der Waals surface area (Å²) in [5, 5.41) is 19.3. The summed E-state index contributed by atoms with van der Waals surface area (Å²) >= 11 is 5.88. The lowest BCUT2D eigenvalue weighted by Gasteiger charge is -2.03. The summed E-state index contributed by atoms with van der Waals surface area (Å²) in [6, 6.07) is 9.15. The number of nitrogens with one attached hydrogen (secondary N) is 2. The SMILES string of the molecule is CCCNC(=O)/C(C#N)=C/c1cn[nH]c1-c1ccc(Cl)cc1. The first-order chi connectivity index (χ1) is 10.7. The number of H-pyrrole nitrogens is 1. The Balaban J connectivity index is 2.32. The number of carbonyl (C=O) groups excluding carboxylic acids is 1. The molecule has 6 heteroatoms. The van der Waals surface area contributed by atoms with Gasteiger partial charge in [-0.1, -0.05) is 30.7 Å². The highest BCUT2D eigenvalue weighted by Gasteiger charge is 2.11. The van der Waals surface area contributed by atoms with Gasteiger partial charge in [-0.3, -0.25) is 9.89 Å². The molecule has 0 aliphatic rings. The molecular weight excluding hydrogens is 300 g/mol. The van der Waals surface area contributed by atoms with Crippen molar-refractivity contribution in [2.45, 2.75) is 13.3 Å². The molecule has 112 valence electrons. The number of nitrogens with zero attached hydrogens (tertiary/aromatic N) is 2. The van der Waals surface area contributed by atoms with E-state index in [1.807, 2.05) is 25.1 Å². The number of nitriles is 1. The highest BCUT2D eigenvalue weighted by Crippen LogP contribution is 2.24. The third-order valence-electron chi connectivity index (χ3n) is 3.00. The van der Waals surface area contributed by atoms with Crippen LogP contribution in [0.3, 0.4) is 0 Å². The Bertz CT molecular complexity index is 725. The molecule has 0 fully saturated rings. The van der Waals surface area contributed by atoms with E-state index in [4.69, 9.17) is 16.9 Å². The molecule has 0 spiro atoms. The van der Waals surface area contributed by atoms with Crippen LogP contribution in [0, 0.1) is 11.3 Å². The summed E-state index contributed by atoms with van der Waals surface area (Å²) < 4.78 is 0. The minimum Gasteiger partial charge on any atom is -0.351 e. The van der Waals surface area contributed by atoms with Gasteiger partial charge in [0, 0.05) is 22.7 Å². The number of carbonyl (C=O) groups is 1. The molecule has 0 saturated carbocycles. The zero-order valence-corrected chi connectivity index (χ0v) is 12.8. The Morgan fingerprint density at radius 3 is 2.82 bits per heavy atom. The van der Waals surface area contributed by atoms with Gasteiger partial charge in [0.1, 0.15) is 11.6 Å². The van der Waals surface area contributed by atoms with Crippen LogP contribution in [-0.2, 0) is 4.79 Å². The second kappa shape index (κ2) is 7.43. The number of amides is 1. The minimum absolute atomic E-state index is 0.0464. The second-order valence-corrected chi connectivity index (χ2v) is 5.07. The van der Waals surface area contributed by atoms with Crippen LogP contribution in [0.1, 0.15) is 18.9 Å². The van der Waals surface area contributed by atoms with Gasteiger partial charge in [0.25, 0.3) is 5.91 Å². The summed E-state index contributed by atoms with van der Waals surface area (Å²) in [4.78, 5) is 11.9. The van der Waals surface area contributed by atoms with Crippen molar-refractivity contribution in [2.24, 2.45) is 0 Å². The Morgan fingerprint density at radius 2 is 2.18 bits per heavy atom. The van der Waals surface area contributed by atoms with E-state index in [0.717, 1.165) is 17.7 Å². The van der Waals surface area contributed by atoms with Gasteiger partial charge in [-0.25, -0.2) is 0 Å². The van der Waals surface area contributed by atoms with Crippen molar-refractivity contribution >= 4 is 23.6 Å². The van der Waals surface area contributed by atoms with E-state index in [2.05, 4.69) is 15.5 Å². The lowest BCUT2D eigenvalue weighted by Crippen LogP contribution is -2.25. The van der Waals surface area contributed by atoms with Crippen LogP contribution in [0.25, 0.3) is 17.3 Å². The van der Waals surface area contributed by atoms with Gasteiger partial charge in [-0.2, -0.15) is 10.4 Å². The standard InChI is InChI=1S/C16H15ClN4O/c1-2-7-19-16(22)12(9-18)8-13-10-20-21-15(13)11-3-5-14(17)6-4-11/h3-6,8,10H,2,7H2,1H3,(H,19,22)(H,20,21)/b12-8+. The number of hydrogen-bond donors (Lipinski definition) is 2. The molecule has 22 heavy (non-hydrogen) atoms. The van der Waals surface area contributed by atoms with Crippen molar-refractivity contribution in [3.8, 4) is 17.3 Å². The van der Waals surface area contributed by atoms with Gasteiger partial charge in [0.15, 0.2) is 0 Å². The monoisotopic (exact) mass is 314 g/mol. The highest BCUT2D eigenvalue weighted by atomic mass is 35.5. The first-order valence-corrected chi connectivity index (χ1v) is 7.22. The summed E-state index contributed by atoms with van der Waals surface area (Å²) in [5.74, 6) is -0.382. The summed E-state index contributed by atoms with van der Waals surface area (Å²) in [6.07, 6.45) is 3.92. The van der Waals surface area contributed by atoms with E-state index in [-0.39, 0.29) is 11.5 Å². The molecule has 0 unspecified atom stereocenters. The van der Waals surface area contributed by atoms with Crippen molar-refractivity contribution in [2.75, 3.05) is 6.54 Å². The first kappa shape index (κ1) is 15.8. The predicted molar refractivity (Wildman–Crippen MR) is 85.9 cm³/mol. The molecule has 2 rings (SSSR count). The van der Waals surface area contributed by atoms with Crippen LogP contribution in [0.2, 0.25) is 5.02 Å². The van der Waals surface area contributed by atoms with Crippen molar-refractivity contribution in [1.82, 2.24) is 15.5 Å². The molecule has 0 aliphatic carbocycles. The second-order valence-electron chi connectivity index (χ2n) is 4.63. The first-order valence-electron chi connectivity index (χ1n) is 6.85. The van der Waals surface area contributed by atoms with E-state index < -0.39 is 0 Å². The molecule has 2 N–H and O–H groups in total. The van der Waals surface area contributed by atoms with Crippen LogP contribution in [-0.4, -0.2) is 22.6 Å². The fourth-order valence-corrected chi connectivity index (χ4v) is 2.02. The maximum Gasteiger partial charge on any atom is 0.261 e.